The summed E-state index contributed by atoms with van der Waals surface area (Å²) in [6, 6.07) is 11.6. The van der Waals surface area contributed by atoms with Gasteiger partial charge in [0, 0.05) is 6.08 Å². The maximum atomic E-state index is 8.51. The van der Waals surface area contributed by atoms with Crippen molar-refractivity contribution in [2.45, 2.75) is 96.3 Å². The highest BCUT2D eigenvalue weighted by Crippen LogP contribution is 2.44. The number of unbranched alkanes of at least 4 members (excludes halogenated alkanes) is 1. The standard InChI is InChI=1S/C31H43N/c1-3-4-10-26-14-18-30(19-15-26)31-22-20-29(21-23-31)25(2)28-16-12-27(13-17-28)11-8-6-5-7-9-24-32/h5-7,9,14-15,18-19,27-29,31H,2-4,8,10-13,16-17,20-23H2,1H3. The number of rotatable bonds is 10. The number of hydrogen-bond acceptors (Lipinski definition) is 1. The van der Waals surface area contributed by atoms with E-state index in [1.165, 1.54) is 88.7 Å². The molecule has 0 atom stereocenters. The Morgan fingerprint density at radius 1 is 0.969 bits per heavy atom. The van der Waals surface area contributed by atoms with Crippen LogP contribution in [0.25, 0.3) is 0 Å². The summed E-state index contributed by atoms with van der Waals surface area (Å²) in [6.45, 7) is 6.89. The molecule has 2 fully saturated rings. The molecule has 1 heteroatoms. The number of aryl methyl sites for hydroxylation is 1. The molecule has 1 aromatic rings. The Morgan fingerprint density at radius 2 is 1.62 bits per heavy atom. The van der Waals surface area contributed by atoms with Crippen LogP contribution in [0.1, 0.15) is 101 Å². The van der Waals surface area contributed by atoms with E-state index in [2.05, 4.69) is 43.8 Å². The summed E-state index contributed by atoms with van der Waals surface area (Å²) >= 11 is 0. The molecule has 0 N–H and O–H groups in total. The van der Waals surface area contributed by atoms with Crippen molar-refractivity contribution in [1.29, 1.82) is 5.26 Å². The van der Waals surface area contributed by atoms with Crippen LogP contribution < -0.4 is 0 Å². The first-order valence-corrected chi connectivity index (χ1v) is 13.2. The second-order valence-corrected chi connectivity index (χ2v) is 10.2. The fourth-order valence-corrected chi connectivity index (χ4v) is 5.90. The van der Waals surface area contributed by atoms with Gasteiger partial charge >= 0.3 is 0 Å². The number of hydrogen-bond donors (Lipinski definition) is 0. The molecule has 0 radical (unpaired) electrons. The lowest BCUT2D eigenvalue weighted by Gasteiger charge is -2.36. The molecule has 0 aromatic heterocycles. The fraction of sp³-hybridized carbons (Fsp3) is 0.581. The average Bonchev–Trinajstić information content (AvgIpc) is 2.85. The van der Waals surface area contributed by atoms with Gasteiger partial charge in [-0.2, -0.15) is 5.26 Å². The normalized spacial score (nSPS) is 26.4. The van der Waals surface area contributed by atoms with Gasteiger partial charge in [-0.3, -0.25) is 0 Å². The summed E-state index contributed by atoms with van der Waals surface area (Å²) in [5.41, 5.74) is 4.64. The Labute approximate surface area is 197 Å². The summed E-state index contributed by atoms with van der Waals surface area (Å²) in [5, 5.41) is 8.51. The lowest BCUT2D eigenvalue weighted by molar-refractivity contribution is 0.260. The van der Waals surface area contributed by atoms with Crippen LogP contribution >= 0.6 is 0 Å². The van der Waals surface area contributed by atoms with Crippen LogP contribution in [0.3, 0.4) is 0 Å². The molecule has 32 heavy (non-hydrogen) atoms. The molecule has 3 rings (SSSR count). The van der Waals surface area contributed by atoms with E-state index in [0.717, 1.165) is 30.1 Å². The molecule has 1 aromatic carbocycles. The highest BCUT2D eigenvalue weighted by molar-refractivity contribution is 5.26. The lowest BCUT2D eigenvalue weighted by Crippen LogP contribution is -2.22. The molecule has 2 aliphatic carbocycles. The zero-order valence-corrected chi connectivity index (χ0v) is 20.3. The van der Waals surface area contributed by atoms with E-state index in [9.17, 15) is 0 Å². The van der Waals surface area contributed by atoms with Gasteiger partial charge in [-0.05, 0) is 112 Å². The van der Waals surface area contributed by atoms with Gasteiger partial charge in [0.05, 0.1) is 6.07 Å². The smallest absolute Gasteiger partial charge is 0.0912 e. The predicted molar refractivity (Wildman–Crippen MR) is 137 cm³/mol. The van der Waals surface area contributed by atoms with E-state index >= 15 is 0 Å². The van der Waals surface area contributed by atoms with Crippen LogP contribution in [0.2, 0.25) is 0 Å². The van der Waals surface area contributed by atoms with E-state index in [-0.39, 0.29) is 0 Å². The van der Waals surface area contributed by atoms with Gasteiger partial charge in [-0.1, -0.05) is 68.0 Å². The molecule has 1 nitrogen and oxygen atoms in total. The molecule has 0 unspecified atom stereocenters. The second-order valence-electron chi connectivity index (χ2n) is 10.2. The second kappa shape index (κ2) is 13.5. The van der Waals surface area contributed by atoms with Crippen LogP contribution in [-0.2, 0) is 6.42 Å². The predicted octanol–water partition coefficient (Wildman–Crippen LogP) is 9.08. The maximum Gasteiger partial charge on any atom is 0.0912 e. The third-order valence-corrected chi connectivity index (χ3v) is 8.05. The van der Waals surface area contributed by atoms with Gasteiger partial charge in [-0.15, -0.1) is 0 Å². The number of benzene rings is 1. The van der Waals surface area contributed by atoms with E-state index in [1.807, 2.05) is 18.2 Å². The Hall–Kier alpha value is -2.07. The van der Waals surface area contributed by atoms with Crippen molar-refractivity contribution in [2.24, 2.45) is 17.8 Å². The average molecular weight is 430 g/mol. The first-order valence-electron chi connectivity index (χ1n) is 13.2. The van der Waals surface area contributed by atoms with Crippen LogP contribution in [0.15, 0.2) is 60.7 Å². The Morgan fingerprint density at radius 3 is 2.25 bits per heavy atom. The molecule has 172 valence electrons. The first kappa shape index (κ1) is 24.6. The summed E-state index contributed by atoms with van der Waals surface area (Å²) in [7, 11) is 0. The summed E-state index contributed by atoms with van der Waals surface area (Å²) < 4.78 is 0. The third kappa shape index (κ3) is 7.51. The Kier molecular flexibility index (Phi) is 10.3. The molecule has 0 aliphatic heterocycles. The third-order valence-electron chi connectivity index (χ3n) is 8.05. The topological polar surface area (TPSA) is 23.8 Å². The van der Waals surface area contributed by atoms with Crippen LogP contribution in [-0.4, -0.2) is 0 Å². The van der Waals surface area contributed by atoms with Crippen LogP contribution in [0.5, 0.6) is 0 Å². The largest absolute Gasteiger partial charge is 0.193 e. The van der Waals surface area contributed by atoms with Gasteiger partial charge in [-0.25, -0.2) is 0 Å². The minimum atomic E-state index is 0.756. The molecule has 2 saturated carbocycles. The van der Waals surface area contributed by atoms with Crippen molar-refractivity contribution < 1.29 is 0 Å². The lowest BCUT2D eigenvalue weighted by atomic mass is 9.69. The first-order chi connectivity index (χ1) is 15.7. The van der Waals surface area contributed by atoms with Gasteiger partial charge in [0.1, 0.15) is 0 Å². The van der Waals surface area contributed by atoms with Gasteiger partial charge in [0.25, 0.3) is 0 Å². The zero-order valence-electron chi connectivity index (χ0n) is 20.3. The maximum absolute atomic E-state index is 8.51. The molecular formula is C31H43N. The molecule has 0 saturated heterocycles. The van der Waals surface area contributed by atoms with Crippen molar-refractivity contribution in [1.82, 2.24) is 0 Å². The van der Waals surface area contributed by atoms with Crippen molar-refractivity contribution in [3.63, 3.8) is 0 Å². The van der Waals surface area contributed by atoms with E-state index in [0.29, 0.717) is 0 Å². The van der Waals surface area contributed by atoms with E-state index in [4.69, 9.17) is 5.26 Å². The van der Waals surface area contributed by atoms with Gasteiger partial charge < -0.3 is 0 Å². The number of nitriles is 1. The van der Waals surface area contributed by atoms with Gasteiger partial charge in [0.15, 0.2) is 0 Å². The van der Waals surface area contributed by atoms with Crippen LogP contribution in [0, 0.1) is 29.1 Å². The Bertz CT molecular complexity index is 775. The molecular weight excluding hydrogens is 386 g/mol. The number of nitrogens with zero attached hydrogens (tertiary/aromatic N) is 1. The van der Waals surface area contributed by atoms with Crippen molar-refractivity contribution in [2.75, 3.05) is 0 Å². The number of allylic oxidation sites excluding steroid dienone is 5. The van der Waals surface area contributed by atoms with E-state index < -0.39 is 0 Å². The minimum Gasteiger partial charge on any atom is -0.193 e. The molecule has 2 aliphatic rings. The van der Waals surface area contributed by atoms with Crippen molar-refractivity contribution in [3.8, 4) is 6.07 Å². The minimum absolute atomic E-state index is 0.756. The summed E-state index contributed by atoms with van der Waals surface area (Å²) in [5.74, 6) is 3.15. The van der Waals surface area contributed by atoms with Crippen LogP contribution in [0.4, 0.5) is 0 Å². The highest BCUT2D eigenvalue weighted by Gasteiger charge is 2.29. The van der Waals surface area contributed by atoms with Gasteiger partial charge in [0.2, 0.25) is 0 Å². The van der Waals surface area contributed by atoms with Crippen molar-refractivity contribution in [3.05, 3.63) is 71.8 Å². The fourth-order valence-electron chi connectivity index (χ4n) is 5.90. The summed E-state index contributed by atoms with van der Waals surface area (Å²) in [6.07, 6.45) is 24.6. The highest BCUT2D eigenvalue weighted by atomic mass is 14.3. The molecule has 0 spiro atoms. The van der Waals surface area contributed by atoms with E-state index in [1.54, 1.807) is 11.1 Å². The molecule has 0 amide bonds. The summed E-state index contributed by atoms with van der Waals surface area (Å²) in [4.78, 5) is 0. The monoisotopic (exact) mass is 429 g/mol. The molecule has 0 bridgehead atoms. The van der Waals surface area contributed by atoms with Crippen molar-refractivity contribution >= 4 is 0 Å². The zero-order chi connectivity index (χ0) is 22.6. The quantitative estimate of drug-likeness (QED) is 0.207. The molecule has 0 heterocycles. The SMILES string of the molecule is C=C(C1CCC(CCC=CC=CC#N)CC1)C1CCC(c2ccc(CCCC)cc2)CC1. The Balaban J connectivity index is 1.37.